The molecule has 1 aromatic rings. The number of thiocarbonyl (C=S) groups is 1. The lowest BCUT2D eigenvalue weighted by Gasteiger charge is -2.17. The Morgan fingerprint density at radius 3 is 2.83 bits per heavy atom. The summed E-state index contributed by atoms with van der Waals surface area (Å²) in [6, 6.07) is 6.04. The Bertz CT molecular complexity index is 621. The van der Waals surface area contributed by atoms with Crippen molar-refractivity contribution in [2.24, 2.45) is 0 Å². The molecule has 1 aliphatic heterocycles. The molecule has 0 bridgehead atoms. The minimum absolute atomic E-state index is 0.0154. The summed E-state index contributed by atoms with van der Waals surface area (Å²) >= 11 is 6.71. The monoisotopic (exact) mass is 352 g/mol. The highest BCUT2D eigenvalue weighted by atomic mass is 32.2. The molecule has 8 heteroatoms. The highest BCUT2D eigenvalue weighted by molar-refractivity contribution is 8.00. The number of amides is 2. The minimum atomic E-state index is -0.300. The number of para-hydroxylation sites is 1. The molecule has 124 valence electrons. The van der Waals surface area contributed by atoms with E-state index in [1.807, 2.05) is 25.1 Å². The quantitative estimate of drug-likeness (QED) is 0.562. The van der Waals surface area contributed by atoms with Crippen LogP contribution >= 0.6 is 24.0 Å². The van der Waals surface area contributed by atoms with Crippen LogP contribution in [0.25, 0.3) is 0 Å². The molecule has 6 nitrogen and oxygen atoms in total. The smallest absolute Gasteiger partial charge is 0.258 e. The van der Waals surface area contributed by atoms with Crippen molar-refractivity contribution >= 4 is 46.6 Å². The van der Waals surface area contributed by atoms with Gasteiger partial charge < -0.3 is 10.2 Å². The Balaban J connectivity index is 1.83. The fraction of sp³-hybridized carbons (Fsp3) is 0.400. The Hall–Kier alpha value is -1.80. The number of aryl methyl sites for hydroxylation is 2. The van der Waals surface area contributed by atoms with Crippen LogP contribution in [0.2, 0.25) is 0 Å². The molecule has 0 aromatic heterocycles. The van der Waals surface area contributed by atoms with Gasteiger partial charge in [-0.05, 0) is 36.7 Å². The van der Waals surface area contributed by atoms with E-state index in [9.17, 15) is 9.59 Å². The molecule has 2 amide bonds. The van der Waals surface area contributed by atoms with Gasteiger partial charge in [0.25, 0.3) is 5.91 Å². The lowest BCUT2D eigenvalue weighted by atomic mass is 10.1. The number of hydrogen-bond donors (Lipinski definition) is 3. The van der Waals surface area contributed by atoms with Gasteiger partial charge in [0.2, 0.25) is 5.91 Å². The van der Waals surface area contributed by atoms with E-state index in [1.54, 1.807) is 0 Å². The Morgan fingerprint density at radius 1 is 1.39 bits per heavy atom. The molecule has 3 N–H and O–H groups in total. The molecule has 1 aromatic carbocycles. The van der Waals surface area contributed by atoms with Crippen molar-refractivity contribution in [1.29, 1.82) is 0 Å². The zero-order chi connectivity index (χ0) is 16.8. The number of nitrogens with zero attached hydrogens (tertiary/aromatic N) is 1. The average molecular weight is 352 g/mol. The van der Waals surface area contributed by atoms with E-state index in [0.29, 0.717) is 16.7 Å². The molecule has 1 aliphatic rings. The summed E-state index contributed by atoms with van der Waals surface area (Å²) in [6.45, 7) is 4.11. The Labute approximate surface area is 145 Å². The van der Waals surface area contributed by atoms with E-state index >= 15 is 0 Å². The molecule has 0 aliphatic carbocycles. The molecule has 0 unspecified atom stereocenters. The lowest BCUT2D eigenvalue weighted by molar-refractivity contribution is -0.132. The molecule has 1 fully saturated rings. The van der Waals surface area contributed by atoms with Gasteiger partial charge in [0.05, 0.1) is 11.6 Å². The van der Waals surface area contributed by atoms with E-state index in [0.717, 1.165) is 23.2 Å². The predicted molar refractivity (Wildman–Crippen MR) is 97.1 cm³/mol. The highest BCUT2D eigenvalue weighted by Gasteiger charge is 2.22. The van der Waals surface area contributed by atoms with Crippen LogP contribution in [0.1, 0.15) is 18.1 Å². The van der Waals surface area contributed by atoms with Crippen molar-refractivity contribution < 1.29 is 9.59 Å². The van der Waals surface area contributed by atoms with Gasteiger partial charge in [-0.25, -0.2) is 0 Å². The second kappa shape index (κ2) is 8.16. The number of thioether (sulfide) groups is 1. The molecule has 0 spiro atoms. The molecule has 0 saturated carbocycles. The zero-order valence-electron chi connectivity index (χ0n) is 13.1. The molecule has 1 saturated heterocycles. The largest absolute Gasteiger partial charge is 0.331 e. The molecule has 1 heterocycles. The van der Waals surface area contributed by atoms with Crippen LogP contribution in [0.5, 0.6) is 0 Å². The van der Waals surface area contributed by atoms with Gasteiger partial charge in [0.15, 0.2) is 5.11 Å². The van der Waals surface area contributed by atoms with Crippen LogP contribution in [0.4, 0.5) is 5.69 Å². The van der Waals surface area contributed by atoms with Crippen LogP contribution in [0.3, 0.4) is 0 Å². The van der Waals surface area contributed by atoms with E-state index in [1.165, 1.54) is 16.7 Å². The number of nitrogens with one attached hydrogen (secondary N) is 3. The summed E-state index contributed by atoms with van der Waals surface area (Å²) in [5.74, 6) is 0.676. The molecule has 23 heavy (non-hydrogen) atoms. The number of rotatable bonds is 4. The first-order valence-electron chi connectivity index (χ1n) is 7.31. The fourth-order valence-electron chi connectivity index (χ4n) is 2.23. The fourth-order valence-corrected chi connectivity index (χ4v) is 3.28. The number of carbonyl (C=O) groups is 2. The van der Waals surface area contributed by atoms with Crippen molar-refractivity contribution in [2.45, 2.75) is 20.3 Å². The first-order valence-corrected chi connectivity index (χ1v) is 8.87. The maximum absolute atomic E-state index is 11.8. The van der Waals surface area contributed by atoms with Crippen LogP contribution in [0, 0.1) is 6.92 Å². The first-order chi connectivity index (χ1) is 11.0. The van der Waals surface area contributed by atoms with E-state index in [4.69, 9.17) is 12.2 Å². The molecule has 0 atom stereocenters. The van der Waals surface area contributed by atoms with Gasteiger partial charge in [-0.15, -0.1) is 11.8 Å². The molecule has 0 radical (unpaired) electrons. The second-order valence-electron chi connectivity index (χ2n) is 5.16. The third-order valence-electron chi connectivity index (χ3n) is 3.45. The number of carbonyl (C=O) groups excluding carboxylic acids is 2. The van der Waals surface area contributed by atoms with Gasteiger partial charge in [-0.2, -0.15) is 0 Å². The zero-order valence-corrected chi connectivity index (χ0v) is 14.8. The van der Waals surface area contributed by atoms with Crippen molar-refractivity contribution in [3.05, 3.63) is 29.3 Å². The molecular formula is C15H20N4O2S2. The third-order valence-corrected chi connectivity index (χ3v) is 4.60. The van der Waals surface area contributed by atoms with Gasteiger partial charge in [-0.3, -0.25) is 20.4 Å². The standard InChI is InChI=1S/C15H20N4O2S2/c1-3-11-6-4-5-10(2)14(11)16-15(22)18-17-12(20)7-19-9-23-8-13(19)21/h4-6H,3,7-9H2,1-2H3,(H,17,20)(H2,16,18,22). The number of hydrogen-bond acceptors (Lipinski definition) is 4. The van der Waals surface area contributed by atoms with Crippen LogP contribution in [0.15, 0.2) is 18.2 Å². The van der Waals surface area contributed by atoms with E-state index in [2.05, 4.69) is 23.1 Å². The summed E-state index contributed by atoms with van der Waals surface area (Å²) in [7, 11) is 0. The summed E-state index contributed by atoms with van der Waals surface area (Å²) in [4.78, 5) is 24.8. The van der Waals surface area contributed by atoms with Crippen molar-refractivity contribution in [2.75, 3.05) is 23.5 Å². The third kappa shape index (κ3) is 4.84. The number of anilines is 1. The first kappa shape index (κ1) is 17.6. The predicted octanol–water partition coefficient (Wildman–Crippen LogP) is 1.41. The number of hydrazine groups is 1. The SMILES string of the molecule is CCc1cccc(C)c1NC(=S)NNC(=O)CN1CSCC1=O. The maximum atomic E-state index is 11.8. The van der Waals surface area contributed by atoms with Crippen molar-refractivity contribution in [1.82, 2.24) is 15.8 Å². The summed E-state index contributed by atoms with van der Waals surface area (Å²) < 4.78 is 0. The van der Waals surface area contributed by atoms with E-state index in [-0.39, 0.29) is 18.4 Å². The maximum Gasteiger partial charge on any atom is 0.258 e. The average Bonchev–Trinajstić information content (AvgIpc) is 2.92. The molecular weight excluding hydrogens is 332 g/mol. The lowest BCUT2D eigenvalue weighted by Crippen LogP contribution is -2.48. The van der Waals surface area contributed by atoms with Gasteiger partial charge in [-0.1, -0.05) is 25.1 Å². The second-order valence-corrected chi connectivity index (χ2v) is 6.52. The number of benzene rings is 1. The van der Waals surface area contributed by atoms with Gasteiger partial charge in [0, 0.05) is 5.69 Å². The Morgan fingerprint density at radius 2 is 2.17 bits per heavy atom. The summed E-state index contributed by atoms with van der Waals surface area (Å²) in [5.41, 5.74) is 8.37. The van der Waals surface area contributed by atoms with Crippen molar-refractivity contribution in [3.8, 4) is 0 Å². The van der Waals surface area contributed by atoms with Crippen LogP contribution < -0.4 is 16.2 Å². The van der Waals surface area contributed by atoms with Gasteiger partial charge in [0.1, 0.15) is 6.54 Å². The van der Waals surface area contributed by atoms with Crippen molar-refractivity contribution in [3.63, 3.8) is 0 Å². The molecule has 2 rings (SSSR count). The summed E-state index contributed by atoms with van der Waals surface area (Å²) in [6.07, 6.45) is 0.883. The van der Waals surface area contributed by atoms with Crippen LogP contribution in [-0.2, 0) is 16.0 Å². The normalized spacial score (nSPS) is 13.8. The van der Waals surface area contributed by atoms with Crippen LogP contribution in [-0.4, -0.2) is 40.0 Å². The van der Waals surface area contributed by atoms with E-state index < -0.39 is 0 Å². The summed E-state index contributed by atoms with van der Waals surface area (Å²) in [5, 5.41) is 3.42. The highest BCUT2D eigenvalue weighted by Crippen LogP contribution is 2.20. The van der Waals surface area contributed by atoms with Gasteiger partial charge >= 0.3 is 0 Å². The topological polar surface area (TPSA) is 73.5 Å². The minimum Gasteiger partial charge on any atom is -0.331 e. The Kier molecular flexibility index (Phi) is 6.23.